The molecule has 2 fully saturated rings. The Morgan fingerprint density at radius 2 is 1.89 bits per heavy atom. The standard InChI is InChI=1S/C28H30N8O2/c1-3-38-22-10-23(27-24-13-31-32-28(24)33-36(27)17-22)19-5-8-25(29-12-19)34-15-20-6-7-21(16-34)35(20)14-18-4-9-26(37-2)30-11-18/h4-5,8-13,17,20-21H,3,6-7,14-16H2,1-2H3,(H,32,33). The number of H-pyrrole nitrogens is 1. The molecule has 5 aromatic rings. The summed E-state index contributed by atoms with van der Waals surface area (Å²) in [4.78, 5) is 14.4. The maximum atomic E-state index is 5.83. The maximum absolute atomic E-state index is 5.83. The Kier molecular flexibility index (Phi) is 5.61. The molecule has 7 rings (SSSR count). The fraction of sp³-hybridized carbons (Fsp3) is 0.357. The van der Waals surface area contributed by atoms with Crippen LogP contribution in [0.25, 0.3) is 27.7 Å². The van der Waals surface area contributed by atoms with Gasteiger partial charge in [-0.1, -0.05) is 6.07 Å². The summed E-state index contributed by atoms with van der Waals surface area (Å²) in [7, 11) is 1.65. The van der Waals surface area contributed by atoms with E-state index in [2.05, 4.69) is 54.3 Å². The van der Waals surface area contributed by atoms with Gasteiger partial charge in [0.25, 0.3) is 0 Å². The third kappa shape index (κ3) is 3.92. The lowest BCUT2D eigenvalue weighted by Crippen LogP contribution is -2.53. The maximum Gasteiger partial charge on any atom is 0.212 e. The van der Waals surface area contributed by atoms with E-state index in [1.54, 1.807) is 7.11 Å². The molecule has 0 aliphatic carbocycles. The van der Waals surface area contributed by atoms with Gasteiger partial charge in [-0.05, 0) is 43.5 Å². The number of rotatable bonds is 7. The number of aromatic nitrogens is 6. The molecule has 2 aliphatic rings. The molecule has 0 spiro atoms. The van der Waals surface area contributed by atoms with Gasteiger partial charge in [0.05, 0.1) is 37.0 Å². The third-order valence-corrected chi connectivity index (χ3v) is 7.80. The highest BCUT2D eigenvalue weighted by atomic mass is 16.5. The molecule has 7 heterocycles. The minimum absolute atomic E-state index is 0.515. The van der Waals surface area contributed by atoms with Gasteiger partial charge < -0.3 is 14.4 Å². The molecule has 2 atom stereocenters. The van der Waals surface area contributed by atoms with Crippen LogP contribution in [0.4, 0.5) is 5.82 Å². The van der Waals surface area contributed by atoms with E-state index >= 15 is 0 Å². The van der Waals surface area contributed by atoms with Gasteiger partial charge in [0.15, 0.2) is 5.65 Å². The van der Waals surface area contributed by atoms with Crippen LogP contribution in [0.2, 0.25) is 0 Å². The van der Waals surface area contributed by atoms with Gasteiger partial charge in [0.1, 0.15) is 11.6 Å². The van der Waals surface area contributed by atoms with Crippen LogP contribution in [-0.4, -0.2) is 73.6 Å². The number of aromatic amines is 1. The summed E-state index contributed by atoms with van der Waals surface area (Å²) in [5.41, 5.74) is 5.02. The fourth-order valence-corrected chi connectivity index (χ4v) is 6.01. The lowest BCUT2D eigenvalue weighted by atomic mass is 10.1. The van der Waals surface area contributed by atoms with Gasteiger partial charge in [-0.3, -0.25) is 10.00 Å². The summed E-state index contributed by atoms with van der Waals surface area (Å²) in [5.74, 6) is 2.45. The second-order valence-corrected chi connectivity index (χ2v) is 10.0. The highest BCUT2D eigenvalue weighted by Gasteiger charge is 2.40. The quantitative estimate of drug-likeness (QED) is 0.352. The largest absolute Gasteiger partial charge is 0.492 e. The molecule has 10 nitrogen and oxygen atoms in total. The molecule has 5 aromatic heterocycles. The Morgan fingerprint density at radius 1 is 1.03 bits per heavy atom. The van der Waals surface area contributed by atoms with Crippen molar-refractivity contribution in [2.75, 3.05) is 31.7 Å². The molecule has 0 saturated carbocycles. The molecule has 1 N–H and O–H groups in total. The first-order chi connectivity index (χ1) is 18.7. The molecule has 10 heteroatoms. The molecule has 2 saturated heterocycles. The Balaban J connectivity index is 1.13. The lowest BCUT2D eigenvalue weighted by molar-refractivity contribution is 0.160. The number of fused-ring (bicyclic) bond motifs is 5. The zero-order valence-electron chi connectivity index (χ0n) is 21.5. The molecular weight excluding hydrogens is 480 g/mol. The summed E-state index contributed by atoms with van der Waals surface area (Å²) in [6, 6.07) is 11.5. The number of hydrogen-bond acceptors (Lipinski definition) is 8. The lowest BCUT2D eigenvalue weighted by Gasteiger charge is -2.41. The Bertz CT molecular complexity index is 1560. The Hall–Kier alpha value is -4.18. The van der Waals surface area contributed by atoms with Crippen LogP contribution >= 0.6 is 0 Å². The van der Waals surface area contributed by atoms with Crippen molar-refractivity contribution in [1.82, 2.24) is 34.7 Å². The number of anilines is 1. The van der Waals surface area contributed by atoms with Crippen molar-refractivity contribution in [2.45, 2.75) is 38.4 Å². The van der Waals surface area contributed by atoms with Crippen LogP contribution in [0.1, 0.15) is 25.3 Å². The zero-order valence-corrected chi connectivity index (χ0v) is 21.5. The SMILES string of the molecule is CCOc1cc(-c2ccc(N3CC4CCC(C3)N4Cc3ccc(OC)nc3)nc2)c2c3cn[nH]c3nn2c1. The first-order valence-electron chi connectivity index (χ1n) is 13.1. The summed E-state index contributed by atoms with van der Waals surface area (Å²) < 4.78 is 12.9. The molecule has 2 bridgehead atoms. The van der Waals surface area contributed by atoms with Crippen LogP contribution in [0, 0.1) is 0 Å². The second-order valence-electron chi connectivity index (χ2n) is 10.0. The van der Waals surface area contributed by atoms with Gasteiger partial charge in [0, 0.05) is 61.3 Å². The van der Waals surface area contributed by atoms with Crippen molar-refractivity contribution in [2.24, 2.45) is 0 Å². The van der Waals surface area contributed by atoms with Gasteiger partial charge in [-0.15, -0.1) is 5.10 Å². The van der Waals surface area contributed by atoms with E-state index in [1.807, 2.05) is 42.3 Å². The number of ether oxygens (including phenoxy) is 2. The van der Waals surface area contributed by atoms with E-state index in [-0.39, 0.29) is 0 Å². The number of hydrogen-bond donors (Lipinski definition) is 1. The summed E-state index contributed by atoms with van der Waals surface area (Å²) in [6.45, 7) is 5.46. The van der Waals surface area contributed by atoms with E-state index in [0.717, 1.165) is 58.9 Å². The molecule has 0 radical (unpaired) electrons. The number of nitrogens with one attached hydrogen (secondary N) is 1. The summed E-state index contributed by atoms with van der Waals surface area (Å²) in [6.07, 6.45) is 10.1. The minimum Gasteiger partial charge on any atom is -0.492 e. The monoisotopic (exact) mass is 510 g/mol. The predicted octanol–water partition coefficient (Wildman–Crippen LogP) is 3.93. The van der Waals surface area contributed by atoms with Crippen molar-refractivity contribution < 1.29 is 9.47 Å². The van der Waals surface area contributed by atoms with E-state index < -0.39 is 0 Å². The average molecular weight is 511 g/mol. The van der Waals surface area contributed by atoms with Crippen LogP contribution < -0.4 is 14.4 Å². The molecule has 38 heavy (non-hydrogen) atoms. The minimum atomic E-state index is 0.515. The summed E-state index contributed by atoms with van der Waals surface area (Å²) >= 11 is 0. The molecule has 2 aliphatic heterocycles. The summed E-state index contributed by atoms with van der Waals surface area (Å²) in [5, 5.41) is 12.8. The molecule has 2 unspecified atom stereocenters. The number of nitrogens with zero attached hydrogens (tertiary/aromatic N) is 7. The Labute approximate surface area is 220 Å². The van der Waals surface area contributed by atoms with Crippen molar-refractivity contribution >= 4 is 22.4 Å². The first-order valence-corrected chi connectivity index (χ1v) is 13.1. The normalized spacial score (nSPS) is 19.5. The van der Waals surface area contributed by atoms with Crippen molar-refractivity contribution in [1.29, 1.82) is 0 Å². The smallest absolute Gasteiger partial charge is 0.212 e. The fourth-order valence-electron chi connectivity index (χ4n) is 6.01. The molecule has 194 valence electrons. The molecular formula is C28H30N8O2. The third-order valence-electron chi connectivity index (χ3n) is 7.80. The van der Waals surface area contributed by atoms with Gasteiger partial charge >= 0.3 is 0 Å². The van der Waals surface area contributed by atoms with Crippen LogP contribution in [0.15, 0.2) is 55.1 Å². The topological polar surface area (TPSA) is 96.7 Å². The van der Waals surface area contributed by atoms with Crippen molar-refractivity contribution in [3.8, 4) is 22.8 Å². The van der Waals surface area contributed by atoms with Crippen molar-refractivity contribution in [3.05, 3.63) is 60.7 Å². The average Bonchev–Trinajstić information content (AvgIpc) is 3.59. The van der Waals surface area contributed by atoms with E-state index in [4.69, 9.17) is 14.5 Å². The van der Waals surface area contributed by atoms with Crippen LogP contribution in [0.3, 0.4) is 0 Å². The molecule has 0 aromatic carbocycles. The van der Waals surface area contributed by atoms with Gasteiger partial charge in [-0.25, -0.2) is 14.5 Å². The van der Waals surface area contributed by atoms with Gasteiger partial charge in [0.2, 0.25) is 5.88 Å². The number of pyridine rings is 3. The molecule has 0 amide bonds. The Morgan fingerprint density at radius 3 is 2.61 bits per heavy atom. The highest BCUT2D eigenvalue weighted by Crippen LogP contribution is 2.36. The van der Waals surface area contributed by atoms with E-state index in [9.17, 15) is 0 Å². The number of methoxy groups -OCH3 is 1. The number of piperazine rings is 1. The van der Waals surface area contributed by atoms with Crippen LogP contribution in [-0.2, 0) is 6.54 Å². The van der Waals surface area contributed by atoms with E-state index in [1.165, 1.54) is 18.4 Å². The van der Waals surface area contributed by atoms with Gasteiger partial charge in [-0.2, -0.15) is 5.10 Å². The van der Waals surface area contributed by atoms with Crippen LogP contribution in [0.5, 0.6) is 11.6 Å². The predicted molar refractivity (Wildman–Crippen MR) is 145 cm³/mol. The zero-order chi connectivity index (χ0) is 25.6. The second kappa shape index (κ2) is 9.29. The van der Waals surface area contributed by atoms with Crippen molar-refractivity contribution in [3.63, 3.8) is 0 Å². The first kappa shape index (κ1) is 23.0. The highest BCUT2D eigenvalue weighted by molar-refractivity contribution is 6.00. The van der Waals surface area contributed by atoms with E-state index in [0.29, 0.717) is 24.6 Å².